The first-order chi connectivity index (χ1) is 8.90. The first-order valence-electron chi connectivity index (χ1n) is 6.19. The van der Waals surface area contributed by atoms with E-state index in [9.17, 15) is 4.79 Å². The number of ether oxygens (including phenoxy) is 2. The van der Waals surface area contributed by atoms with Gasteiger partial charge in [0.1, 0.15) is 11.4 Å². The van der Waals surface area contributed by atoms with Gasteiger partial charge < -0.3 is 9.47 Å². The van der Waals surface area contributed by atoms with E-state index >= 15 is 0 Å². The number of hydrogen-bond acceptors (Lipinski definition) is 3. The minimum absolute atomic E-state index is 0.458. The molecule has 0 aromatic heterocycles. The predicted octanol–water partition coefficient (Wildman–Crippen LogP) is 4.20. The molecule has 0 fully saturated rings. The SMILES string of the molecule is CC(C)(C)OC(=O)Nc1ccc(OCCCBr)cc1. The zero-order chi connectivity index (χ0) is 14.3. The Kier molecular flexibility index (Phi) is 6.15. The maximum absolute atomic E-state index is 11.6. The van der Waals surface area contributed by atoms with E-state index in [1.165, 1.54) is 0 Å². The summed E-state index contributed by atoms with van der Waals surface area (Å²) in [4.78, 5) is 11.6. The molecule has 1 aromatic carbocycles. The Morgan fingerprint density at radius 2 is 1.89 bits per heavy atom. The Balaban J connectivity index is 2.45. The van der Waals surface area contributed by atoms with Crippen LogP contribution in [0.3, 0.4) is 0 Å². The molecule has 5 heteroatoms. The minimum atomic E-state index is -0.497. The zero-order valence-corrected chi connectivity index (χ0v) is 13.1. The second kappa shape index (κ2) is 7.38. The lowest BCUT2D eigenvalue weighted by molar-refractivity contribution is 0.0636. The summed E-state index contributed by atoms with van der Waals surface area (Å²) in [6.45, 7) is 6.15. The summed E-state index contributed by atoms with van der Waals surface area (Å²) in [5, 5.41) is 3.59. The lowest BCUT2D eigenvalue weighted by Crippen LogP contribution is -2.27. The van der Waals surface area contributed by atoms with Crippen molar-refractivity contribution in [1.82, 2.24) is 0 Å². The summed E-state index contributed by atoms with van der Waals surface area (Å²) in [6, 6.07) is 7.21. The fourth-order valence-electron chi connectivity index (χ4n) is 1.30. The molecule has 1 amide bonds. The predicted molar refractivity (Wildman–Crippen MR) is 80.2 cm³/mol. The van der Waals surface area contributed by atoms with Crippen LogP contribution in [0.15, 0.2) is 24.3 Å². The van der Waals surface area contributed by atoms with Gasteiger partial charge in [0.05, 0.1) is 6.61 Å². The number of carbonyl (C=O) groups excluding carboxylic acids is 1. The number of hydrogen-bond donors (Lipinski definition) is 1. The summed E-state index contributed by atoms with van der Waals surface area (Å²) in [6.07, 6.45) is 0.498. The molecule has 0 saturated carbocycles. The number of carbonyl (C=O) groups is 1. The lowest BCUT2D eigenvalue weighted by Gasteiger charge is -2.19. The molecule has 0 unspecified atom stereocenters. The van der Waals surface area contributed by atoms with Gasteiger partial charge >= 0.3 is 6.09 Å². The highest BCUT2D eigenvalue weighted by atomic mass is 79.9. The van der Waals surface area contributed by atoms with Crippen LogP contribution in [0.25, 0.3) is 0 Å². The van der Waals surface area contributed by atoms with E-state index in [4.69, 9.17) is 9.47 Å². The van der Waals surface area contributed by atoms with Crippen molar-refractivity contribution in [2.45, 2.75) is 32.8 Å². The van der Waals surface area contributed by atoms with Crippen LogP contribution in [0.5, 0.6) is 5.75 Å². The van der Waals surface area contributed by atoms with Gasteiger partial charge in [0, 0.05) is 11.0 Å². The summed E-state index contributed by atoms with van der Waals surface area (Å²) in [5.41, 5.74) is 0.185. The molecule has 1 N–H and O–H groups in total. The van der Waals surface area contributed by atoms with Crippen molar-refractivity contribution in [2.75, 3.05) is 17.3 Å². The van der Waals surface area contributed by atoms with Crippen molar-refractivity contribution in [2.24, 2.45) is 0 Å². The molecule has 0 atom stereocenters. The van der Waals surface area contributed by atoms with Crippen molar-refractivity contribution in [3.63, 3.8) is 0 Å². The van der Waals surface area contributed by atoms with Gasteiger partial charge in [0.2, 0.25) is 0 Å². The van der Waals surface area contributed by atoms with Crippen LogP contribution in [0.1, 0.15) is 27.2 Å². The van der Waals surface area contributed by atoms with Gasteiger partial charge in [-0.15, -0.1) is 0 Å². The number of alkyl halides is 1. The highest BCUT2D eigenvalue weighted by Crippen LogP contribution is 2.17. The number of amides is 1. The number of anilines is 1. The number of nitrogens with one attached hydrogen (secondary N) is 1. The maximum Gasteiger partial charge on any atom is 0.412 e. The zero-order valence-electron chi connectivity index (χ0n) is 11.5. The average molecular weight is 330 g/mol. The van der Waals surface area contributed by atoms with Crippen LogP contribution in [-0.2, 0) is 4.74 Å². The van der Waals surface area contributed by atoms with Gasteiger partial charge in [-0.1, -0.05) is 15.9 Å². The first kappa shape index (κ1) is 15.8. The van der Waals surface area contributed by atoms with Crippen LogP contribution in [0, 0.1) is 0 Å². The highest BCUT2D eigenvalue weighted by Gasteiger charge is 2.15. The van der Waals surface area contributed by atoms with Crippen molar-refractivity contribution >= 4 is 27.7 Å². The molecule has 19 heavy (non-hydrogen) atoms. The van der Waals surface area contributed by atoms with Gasteiger partial charge in [-0.3, -0.25) is 5.32 Å². The highest BCUT2D eigenvalue weighted by molar-refractivity contribution is 9.09. The third-order valence-electron chi connectivity index (χ3n) is 2.05. The lowest BCUT2D eigenvalue weighted by atomic mass is 10.2. The maximum atomic E-state index is 11.6. The molecule has 0 bridgehead atoms. The molecule has 0 aliphatic rings. The Morgan fingerprint density at radius 1 is 1.26 bits per heavy atom. The van der Waals surface area contributed by atoms with Gasteiger partial charge in [-0.2, -0.15) is 0 Å². The number of benzene rings is 1. The molecule has 0 aliphatic heterocycles. The van der Waals surface area contributed by atoms with Crippen molar-refractivity contribution < 1.29 is 14.3 Å². The molecule has 0 spiro atoms. The summed E-state index contributed by atoms with van der Waals surface area (Å²) in [5.74, 6) is 0.788. The van der Waals surface area contributed by atoms with Crippen LogP contribution in [-0.4, -0.2) is 23.6 Å². The van der Waals surface area contributed by atoms with E-state index in [0.717, 1.165) is 17.5 Å². The Labute approximate surface area is 122 Å². The monoisotopic (exact) mass is 329 g/mol. The molecule has 0 heterocycles. The third kappa shape index (κ3) is 7.06. The van der Waals surface area contributed by atoms with Crippen molar-refractivity contribution in [1.29, 1.82) is 0 Å². The Bertz CT molecular complexity index is 398. The summed E-state index contributed by atoms with van der Waals surface area (Å²) >= 11 is 3.34. The molecule has 4 nitrogen and oxygen atoms in total. The molecule has 1 rings (SSSR count). The standard InChI is InChI=1S/C14H20BrNO3/c1-14(2,3)19-13(17)16-11-5-7-12(8-6-11)18-10-4-9-15/h5-8H,4,9-10H2,1-3H3,(H,16,17). The second-order valence-corrected chi connectivity index (χ2v) is 5.84. The normalized spacial score (nSPS) is 10.9. The summed E-state index contributed by atoms with van der Waals surface area (Å²) in [7, 11) is 0. The van der Waals surface area contributed by atoms with Gasteiger partial charge in [0.25, 0.3) is 0 Å². The van der Waals surface area contributed by atoms with E-state index in [2.05, 4.69) is 21.2 Å². The topological polar surface area (TPSA) is 47.6 Å². The fourth-order valence-corrected chi connectivity index (χ4v) is 1.53. The fraction of sp³-hybridized carbons (Fsp3) is 0.500. The number of halogens is 1. The van der Waals surface area contributed by atoms with Gasteiger partial charge in [0.15, 0.2) is 0 Å². The van der Waals surface area contributed by atoms with E-state index in [1.54, 1.807) is 12.1 Å². The molecular formula is C14H20BrNO3. The molecule has 0 saturated heterocycles. The minimum Gasteiger partial charge on any atom is -0.494 e. The summed E-state index contributed by atoms with van der Waals surface area (Å²) < 4.78 is 10.7. The smallest absolute Gasteiger partial charge is 0.412 e. The van der Waals surface area contributed by atoms with E-state index in [0.29, 0.717) is 12.3 Å². The van der Waals surface area contributed by atoms with Gasteiger partial charge in [-0.05, 0) is 51.5 Å². The molecule has 0 radical (unpaired) electrons. The second-order valence-electron chi connectivity index (χ2n) is 5.04. The first-order valence-corrected chi connectivity index (χ1v) is 7.32. The molecule has 106 valence electrons. The molecular weight excluding hydrogens is 310 g/mol. The Hall–Kier alpha value is -1.23. The molecule has 0 aliphatic carbocycles. The van der Waals surface area contributed by atoms with E-state index < -0.39 is 11.7 Å². The van der Waals surface area contributed by atoms with Crippen molar-refractivity contribution in [3.05, 3.63) is 24.3 Å². The van der Waals surface area contributed by atoms with Crippen LogP contribution in [0.2, 0.25) is 0 Å². The van der Waals surface area contributed by atoms with Crippen molar-refractivity contribution in [3.8, 4) is 5.75 Å². The van der Waals surface area contributed by atoms with E-state index in [-0.39, 0.29) is 0 Å². The average Bonchev–Trinajstić information content (AvgIpc) is 2.29. The third-order valence-corrected chi connectivity index (χ3v) is 2.61. The Morgan fingerprint density at radius 3 is 2.42 bits per heavy atom. The van der Waals surface area contributed by atoms with Crippen LogP contribution >= 0.6 is 15.9 Å². The van der Waals surface area contributed by atoms with Crippen LogP contribution in [0.4, 0.5) is 10.5 Å². The quantitative estimate of drug-likeness (QED) is 0.650. The van der Waals surface area contributed by atoms with Gasteiger partial charge in [-0.25, -0.2) is 4.79 Å². The number of rotatable bonds is 5. The van der Waals surface area contributed by atoms with Crippen LogP contribution < -0.4 is 10.1 Å². The molecule has 1 aromatic rings. The van der Waals surface area contributed by atoms with E-state index in [1.807, 2.05) is 32.9 Å². The largest absolute Gasteiger partial charge is 0.494 e.